The van der Waals surface area contributed by atoms with Gasteiger partial charge in [-0.2, -0.15) is 0 Å². The van der Waals surface area contributed by atoms with Crippen LogP contribution in [0, 0.1) is 0 Å². The Bertz CT molecular complexity index is 418. The van der Waals surface area contributed by atoms with Crippen molar-refractivity contribution in [3.8, 4) is 0 Å². The Kier molecular flexibility index (Phi) is 4.92. The standard InChI is InChI=1S/C15H25N3O/c1-10(2)17-14(19)11(3)18-13-8-7-12(9-16-13)15(4,5)6/h7-11H,1-6H3,(H,16,18)(H,17,19). The van der Waals surface area contributed by atoms with Crippen LogP contribution in [0.2, 0.25) is 0 Å². The maximum Gasteiger partial charge on any atom is 0.242 e. The molecule has 1 atom stereocenters. The van der Waals surface area contributed by atoms with Crippen LogP contribution in [-0.4, -0.2) is 23.0 Å². The number of anilines is 1. The molecule has 0 spiro atoms. The van der Waals surface area contributed by atoms with Gasteiger partial charge in [0.2, 0.25) is 5.91 Å². The smallest absolute Gasteiger partial charge is 0.242 e. The van der Waals surface area contributed by atoms with Crippen LogP contribution in [-0.2, 0) is 10.2 Å². The van der Waals surface area contributed by atoms with Crippen molar-refractivity contribution in [2.45, 2.75) is 59.0 Å². The third-order valence-corrected chi connectivity index (χ3v) is 2.82. The van der Waals surface area contributed by atoms with Crippen molar-refractivity contribution < 1.29 is 4.79 Å². The first kappa shape index (κ1) is 15.5. The molecule has 106 valence electrons. The summed E-state index contributed by atoms with van der Waals surface area (Å²) in [5, 5.41) is 5.97. The quantitative estimate of drug-likeness (QED) is 0.878. The molecule has 4 heteroatoms. The maximum atomic E-state index is 11.8. The van der Waals surface area contributed by atoms with Crippen molar-refractivity contribution in [3.05, 3.63) is 23.9 Å². The minimum absolute atomic E-state index is 0.0169. The molecule has 19 heavy (non-hydrogen) atoms. The fourth-order valence-corrected chi connectivity index (χ4v) is 1.62. The van der Waals surface area contributed by atoms with Crippen LogP contribution in [0.25, 0.3) is 0 Å². The number of carbonyl (C=O) groups is 1. The molecule has 0 aromatic carbocycles. The molecular formula is C15H25N3O. The van der Waals surface area contributed by atoms with E-state index in [0.29, 0.717) is 0 Å². The summed E-state index contributed by atoms with van der Waals surface area (Å²) in [6, 6.07) is 3.81. The number of aromatic nitrogens is 1. The molecule has 0 aliphatic rings. The number of amides is 1. The molecule has 1 rings (SSSR count). The number of rotatable bonds is 4. The molecule has 0 saturated heterocycles. The third-order valence-electron chi connectivity index (χ3n) is 2.82. The van der Waals surface area contributed by atoms with Crippen molar-refractivity contribution in [2.75, 3.05) is 5.32 Å². The lowest BCUT2D eigenvalue weighted by molar-refractivity contribution is -0.122. The predicted molar refractivity (Wildman–Crippen MR) is 79.3 cm³/mol. The van der Waals surface area contributed by atoms with E-state index in [1.807, 2.05) is 39.1 Å². The normalized spacial score (nSPS) is 13.2. The van der Waals surface area contributed by atoms with E-state index in [9.17, 15) is 4.79 Å². The molecule has 1 aromatic heterocycles. The zero-order valence-corrected chi connectivity index (χ0v) is 12.7. The van der Waals surface area contributed by atoms with Gasteiger partial charge in [0, 0.05) is 12.2 Å². The van der Waals surface area contributed by atoms with Gasteiger partial charge in [-0.3, -0.25) is 4.79 Å². The predicted octanol–water partition coefficient (Wildman–Crippen LogP) is 2.70. The van der Waals surface area contributed by atoms with Crippen LogP contribution in [0.3, 0.4) is 0 Å². The van der Waals surface area contributed by atoms with E-state index in [0.717, 1.165) is 5.82 Å². The Morgan fingerprint density at radius 1 is 1.21 bits per heavy atom. The number of pyridine rings is 1. The summed E-state index contributed by atoms with van der Waals surface area (Å²) in [5.41, 5.74) is 1.27. The highest BCUT2D eigenvalue weighted by atomic mass is 16.2. The van der Waals surface area contributed by atoms with Gasteiger partial charge < -0.3 is 10.6 Å². The number of nitrogens with zero attached hydrogens (tertiary/aromatic N) is 1. The summed E-state index contributed by atoms with van der Waals surface area (Å²) in [4.78, 5) is 16.1. The van der Waals surface area contributed by atoms with Crippen molar-refractivity contribution in [3.63, 3.8) is 0 Å². The van der Waals surface area contributed by atoms with E-state index in [4.69, 9.17) is 0 Å². The molecule has 0 aliphatic carbocycles. The Morgan fingerprint density at radius 2 is 1.84 bits per heavy atom. The van der Waals surface area contributed by atoms with Crippen LogP contribution in [0.15, 0.2) is 18.3 Å². The van der Waals surface area contributed by atoms with Crippen LogP contribution >= 0.6 is 0 Å². The van der Waals surface area contributed by atoms with E-state index in [2.05, 4.69) is 36.4 Å². The van der Waals surface area contributed by atoms with Crippen LogP contribution in [0.5, 0.6) is 0 Å². The number of nitrogens with one attached hydrogen (secondary N) is 2. The molecule has 2 N–H and O–H groups in total. The van der Waals surface area contributed by atoms with Gasteiger partial charge >= 0.3 is 0 Å². The van der Waals surface area contributed by atoms with Gasteiger partial charge in [-0.25, -0.2) is 4.98 Å². The first-order valence-electron chi connectivity index (χ1n) is 6.73. The van der Waals surface area contributed by atoms with E-state index in [-0.39, 0.29) is 23.4 Å². The monoisotopic (exact) mass is 263 g/mol. The highest BCUT2D eigenvalue weighted by Crippen LogP contribution is 2.21. The fraction of sp³-hybridized carbons (Fsp3) is 0.600. The lowest BCUT2D eigenvalue weighted by Crippen LogP contribution is -2.41. The number of carbonyl (C=O) groups excluding carboxylic acids is 1. The summed E-state index contributed by atoms with van der Waals surface area (Å²) < 4.78 is 0. The Balaban J connectivity index is 2.65. The van der Waals surface area contributed by atoms with Gasteiger partial charge in [0.1, 0.15) is 11.9 Å². The van der Waals surface area contributed by atoms with E-state index in [1.165, 1.54) is 5.56 Å². The van der Waals surface area contributed by atoms with E-state index in [1.54, 1.807) is 0 Å². The fourth-order valence-electron chi connectivity index (χ4n) is 1.62. The second-order valence-corrected chi connectivity index (χ2v) is 6.21. The van der Waals surface area contributed by atoms with Gasteiger partial charge in [0.15, 0.2) is 0 Å². The Hall–Kier alpha value is -1.58. The zero-order chi connectivity index (χ0) is 14.6. The molecule has 4 nitrogen and oxygen atoms in total. The summed E-state index contributed by atoms with van der Waals surface area (Å²) in [6.07, 6.45) is 1.86. The average molecular weight is 263 g/mol. The number of hydrogen-bond acceptors (Lipinski definition) is 3. The molecule has 1 aromatic rings. The van der Waals surface area contributed by atoms with Crippen molar-refractivity contribution >= 4 is 11.7 Å². The highest BCUT2D eigenvalue weighted by molar-refractivity contribution is 5.84. The minimum atomic E-state index is -0.296. The highest BCUT2D eigenvalue weighted by Gasteiger charge is 2.16. The summed E-state index contributed by atoms with van der Waals surface area (Å²) in [7, 11) is 0. The molecule has 1 heterocycles. The summed E-state index contributed by atoms with van der Waals surface area (Å²) >= 11 is 0. The van der Waals surface area contributed by atoms with Gasteiger partial charge in [-0.15, -0.1) is 0 Å². The zero-order valence-electron chi connectivity index (χ0n) is 12.7. The Labute approximate surface area is 116 Å². The van der Waals surface area contributed by atoms with Gasteiger partial charge in [-0.1, -0.05) is 26.8 Å². The van der Waals surface area contributed by atoms with E-state index >= 15 is 0 Å². The maximum absolute atomic E-state index is 11.8. The second kappa shape index (κ2) is 6.04. The first-order chi connectivity index (χ1) is 8.70. The molecule has 0 bridgehead atoms. The SMILES string of the molecule is CC(C)NC(=O)C(C)Nc1ccc(C(C)(C)C)cn1. The molecule has 0 aliphatic heterocycles. The van der Waals surface area contributed by atoms with Gasteiger partial charge in [0.25, 0.3) is 0 Å². The third kappa shape index (κ3) is 4.89. The molecule has 1 unspecified atom stereocenters. The lowest BCUT2D eigenvalue weighted by Gasteiger charge is -2.20. The van der Waals surface area contributed by atoms with Crippen molar-refractivity contribution in [1.29, 1.82) is 0 Å². The lowest BCUT2D eigenvalue weighted by atomic mass is 9.88. The second-order valence-electron chi connectivity index (χ2n) is 6.21. The van der Waals surface area contributed by atoms with E-state index < -0.39 is 0 Å². The topological polar surface area (TPSA) is 54.0 Å². The Morgan fingerprint density at radius 3 is 2.26 bits per heavy atom. The average Bonchev–Trinajstić information content (AvgIpc) is 2.27. The largest absolute Gasteiger partial charge is 0.359 e. The molecule has 1 amide bonds. The van der Waals surface area contributed by atoms with Crippen LogP contribution in [0.4, 0.5) is 5.82 Å². The molecule has 0 saturated carbocycles. The van der Waals surface area contributed by atoms with Crippen molar-refractivity contribution in [1.82, 2.24) is 10.3 Å². The number of hydrogen-bond donors (Lipinski definition) is 2. The summed E-state index contributed by atoms with van der Waals surface area (Å²) in [6.45, 7) is 12.2. The molecule has 0 fully saturated rings. The van der Waals surface area contributed by atoms with Crippen molar-refractivity contribution in [2.24, 2.45) is 0 Å². The minimum Gasteiger partial charge on any atom is -0.359 e. The molecule has 0 radical (unpaired) electrons. The van der Waals surface area contributed by atoms with Crippen LogP contribution < -0.4 is 10.6 Å². The summed E-state index contributed by atoms with van der Waals surface area (Å²) in [5.74, 6) is 0.705. The van der Waals surface area contributed by atoms with Crippen LogP contribution in [0.1, 0.15) is 47.1 Å². The van der Waals surface area contributed by atoms with Gasteiger partial charge in [0.05, 0.1) is 0 Å². The first-order valence-corrected chi connectivity index (χ1v) is 6.73. The molecular weight excluding hydrogens is 238 g/mol. The van der Waals surface area contributed by atoms with Gasteiger partial charge in [-0.05, 0) is 37.8 Å².